The summed E-state index contributed by atoms with van der Waals surface area (Å²) < 4.78 is 0. The topological polar surface area (TPSA) is 62.3 Å². The quantitative estimate of drug-likeness (QED) is 0.772. The summed E-state index contributed by atoms with van der Waals surface area (Å²) in [7, 11) is 1.71. The van der Waals surface area contributed by atoms with E-state index in [0.717, 1.165) is 11.4 Å². The van der Waals surface area contributed by atoms with Crippen molar-refractivity contribution in [2.24, 2.45) is 0 Å². The summed E-state index contributed by atoms with van der Waals surface area (Å²) in [4.78, 5) is 30.8. The molecular formula is C21H19N3O2. The maximum absolute atomic E-state index is 12.7. The zero-order chi connectivity index (χ0) is 18.4. The van der Waals surface area contributed by atoms with Crippen LogP contribution in [0.4, 0.5) is 5.69 Å². The molecule has 2 aromatic carbocycles. The van der Waals surface area contributed by atoms with E-state index in [1.165, 1.54) is 0 Å². The Bertz CT molecular complexity index is 895. The summed E-state index contributed by atoms with van der Waals surface area (Å²) in [6.45, 7) is 0.335. The van der Waals surface area contributed by atoms with Crippen molar-refractivity contribution in [2.45, 2.75) is 6.54 Å². The van der Waals surface area contributed by atoms with E-state index in [4.69, 9.17) is 0 Å². The molecule has 0 spiro atoms. The molecule has 0 saturated carbocycles. The Balaban J connectivity index is 1.71. The Morgan fingerprint density at radius 2 is 1.65 bits per heavy atom. The molecule has 0 aliphatic heterocycles. The molecule has 0 aliphatic rings. The Morgan fingerprint density at radius 1 is 0.923 bits per heavy atom. The minimum atomic E-state index is -0.243. The number of nitrogens with zero attached hydrogens (tertiary/aromatic N) is 2. The smallest absolute Gasteiger partial charge is 0.258 e. The molecule has 0 atom stereocenters. The highest BCUT2D eigenvalue weighted by molar-refractivity contribution is 6.07. The highest BCUT2D eigenvalue weighted by Crippen LogP contribution is 2.15. The second-order valence-corrected chi connectivity index (χ2v) is 5.78. The van der Waals surface area contributed by atoms with Crippen molar-refractivity contribution < 1.29 is 9.59 Å². The zero-order valence-corrected chi connectivity index (χ0v) is 14.4. The van der Waals surface area contributed by atoms with E-state index >= 15 is 0 Å². The first kappa shape index (κ1) is 17.4. The fraction of sp³-hybridized carbons (Fsp3) is 0.0952. The standard InChI is InChI=1S/C21H19N3O2/c1-24(19-11-3-2-4-12-19)21(26)17-9-7-8-16(14-17)20(25)23-15-18-10-5-6-13-22-18/h2-14H,15H2,1H3,(H,23,25). The molecule has 1 N–H and O–H groups in total. The molecule has 1 heterocycles. The van der Waals surface area contributed by atoms with Gasteiger partial charge in [-0.2, -0.15) is 0 Å². The van der Waals surface area contributed by atoms with Gasteiger partial charge in [-0.1, -0.05) is 30.3 Å². The van der Waals surface area contributed by atoms with Gasteiger partial charge in [0.2, 0.25) is 0 Å². The maximum Gasteiger partial charge on any atom is 0.258 e. The van der Waals surface area contributed by atoms with Crippen LogP contribution in [0.3, 0.4) is 0 Å². The Morgan fingerprint density at radius 3 is 2.38 bits per heavy atom. The van der Waals surface area contributed by atoms with Gasteiger partial charge in [-0.3, -0.25) is 14.6 Å². The molecule has 0 radical (unpaired) electrons. The van der Waals surface area contributed by atoms with E-state index in [1.807, 2.05) is 48.5 Å². The van der Waals surface area contributed by atoms with Crippen LogP contribution in [0.25, 0.3) is 0 Å². The normalized spacial score (nSPS) is 10.2. The largest absolute Gasteiger partial charge is 0.346 e. The molecule has 5 heteroatoms. The van der Waals surface area contributed by atoms with Gasteiger partial charge in [0, 0.05) is 30.1 Å². The van der Waals surface area contributed by atoms with Crippen molar-refractivity contribution >= 4 is 17.5 Å². The minimum Gasteiger partial charge on any atom is -0.346 e. The van der Waals surface area contributed by atoms with Crippen molar-refractivity contribution in [2.75, 3.05) is 11.9 Å². The maximum atomic E-state index is 12.7. The van der Waals surface area contributed by atoms with Crippen LogP contribution in [0, 0.1) is 0 Å². The third kappa shape index (κ3) is 4.13. The van der Waals surface area contributed by atoms with Crippen LogP contribution < -0.4 is 10.2 Å². The zero-order valence-electron chi connectivity index (χ0n) is 14.4. The molecular weight excluding hydrogens is 326 g/mol. The van der Waals surface area contributed by atoms with Crippen molar-refractivity contribution in [3.63, 3.8) is 0 Å². The van der Waals surface area contributed by atoms with Crippen molar-refractivity contribution in [3.8, 4) is 0 Å². The molecule has 0 bridgehead atoms. The lowest BCUT2D eigenvalue weighted by Gasteiger charge is -2.17. The molecule has 1 aromatic heterocycles. The second kappa shape index (κ2) is 8.07. The first-order valence-electron chi connectivity index (χ1n) is 8.26. The second-order valence-electron chi connectivity index (χ2n) is 5.78. The minimum absolute atomic E-state index is 0.171. The summed E-state index contributed by atoms with van der Waals surface area (Å²) in [5, 5.41) is 2.82. The van der Waals surface area contributed by atoms with Crippen LogP contribution in [-0.2, 0) is 6.54 Å². The molecule has 3 aromatic rings. The van der Waals surface area contributed by atoms with E-state index in [2.05, 4.69) is 10.3 Å². The van der Waals surface area contributed by atoms with E-state index in [1.54, 1.807) is 42.4 Å². The number of carbonyl (C=O) groups is 2. The van der Waals surface area contributed by atoms with Crippen molar-refractivity contribution in [3.05, 3.63) is 95.8 Å². The molecule has 26 heavy (non-hydrogen) atoms. The summed E-state index contributed by atoms with van der Waals surface area (Å²) in [5.41, 5.74) is 2.47. The number of rotatable bonds is 5. The average Bonchev–Trinajstić information content (AvgIpc) is 2.72. The number of pyridine rings is 1. The highest BCUT2D eigenvalue weighted by atomic mass is 16.2. The summed E-state index contributed by atoms with van der Waals surface area (Å²) in [5.74, 6) is -0.414. The highest BCUT2D eigenvalue weighted by Gasteiger charge is 2.15. The Labute approximate surface area is 152 Å². The van der Waals surface area contributed by atoms with E-state index in [9.17, 15) is 9.59 Å². The number of para-hydroxylation sites is 1. The number of hydrogen-bond acceptors (Lipinski definition) is 3. The number of aromatic nitrogens is 1. The summed E-state index contributed by atoms with van der Waals surface area (Å²) in [6.07, 6.45) is 1.68. The number of nitrogens with one attached hydrogen (secondary N) is 1. The molecule has 0 unspecified atom stereocenters. The Kier molecular flexibility index (Phi) is 5.39. The van der Waals surface area contributed by atoms with Gasteiger partial charge >= 0.3 is 0 Å². The first-order valence-corrected chi connectivity index (χ1v) is 8.26. The number of amides is 2. The van der Waals surface area contributed by atoms with Crippen LogP contribution in [-0.4, -0.2) is 23.8 Å². The SMILES string of the molecule is CN(C(=O)c1cccc(C(=O)NCc2ccccn2)c1)c1ccccc1. The fourth-order valence-corrected chi connectivity index (χ4v) is 2.53. The van der Waals surface area contributed by atoms with Crippen LogP contribution in [0.5, 0.6) is 0 Å². The van der Waals surface area contributed by atoms with Crippen LogP contribution in [0.15, 0.2) is 79.0 Å². The fourth-order valence-electron chi connectivity index (χ4n) is 2.53. The molecule has 0 saturated heterocycles. The van der Waals surface area contributed by atoms with Gasteiger partial charge in [0.05, 0.1) is 12.2 Å². The average molecular weight is 345 g/mol. The van der Waals surface area contributed by atoms with E-state index < -0.39 is 0 Å². The summed E-state index contributed by atoms with van der Waals surface area (Å²) >= 11 is 0. The lowest BCUT2D eigenvalue weighted by atomic mass is 10.1. The van der Waals surface area contributed by atoms with Gasteiger partial charge in [0.25, 0.3) is 11.8 Å². The molecule has 3 rings (SSSR count). The van der Waals surface area contributed by atoms with Crippen LogP contribution in [0.1, 0.15) is 26.4 Å². The third-order valence-corrected chi connectivity index (χ3v) is 3.98. The number of benzene rings is 2. The Hall–Kier alpha value is -3.47. The van der Waals surface area contributed by atoms with Gasteiger partial charge < -0.3 is 10.2 Å². The lowest BCUT2D eigenvalue weighted by Crippen LogP contribution is -2.27. The molecule has 0 aliphatic carbocycles. The van der Waals surface area contributed by atoms with Crippen LogP contribution in [0.2, 0.25) is 0 Å². The van der Waals surface area contributed by atoms with Gasteiger partial charge in [0.1, 0.15) is 0 Å². The first-order chi connectivity index (χ1) is 12.6. The molecule has 5 nitrogen and oxygen atoms in total. The monoisotopic (exact) mass is 345 g/mol. The van der Waals surface area contributed by atoms with Crippen molar-refractivity contribution in [1.29, 1.82) is 0 Å². The van der Waals surface area contributed by atoms with E-state index in [0.29, 0.717) is 17.7 Å². The van der Waals surface area contributed by atoms with Gasteiger partial charge in [-0.25, -0.2) is 0 Å². The predicted octanol–water partition coefficient (Wildman–Crippen LogP) is 3.29. The van der Waals surface area contributed by atoms with Crippen molar-refractivity contribution in [1.82, 2.24) is 10.3 Å². The molecule has 130 valence electrons. The third-order valence-electron chi connectivity index (χ3n) is 3.98. The number of anilines is 1. The predicted molar refractivity (Wildman–Crippen MR) is 101 cm³/mol. The van der Waals surface area contributed by atoms with Crippen LogP contribution >= 0.6 is 0 Å². The lowest BCUT2D eigenvalue weighted by molar-refractivity contribution is 0.0950. The van der Waals surface area contributed by atoms with Gasteiger partial charge in [-0.05, 0) is 42.5 Å². The molecule has 2 amide bonds. The van der Waals surface area contributed by atoms with E-state index in [-0.39, 0.29) is 11.8 Å². The van der Waals surface area contributed by atoms with Gasteiger partial charge in [0.15, 0.2) is 0 Å². The number of hydrogen-bond donors (Lipinski definition) is 1. The number of carbonyl (C=O) groups excluding carboxylic acids is 2. The summed E-state index contributed by atoms with van der Waals surface area (Å²) in [6, 6.07) is 21.6. The molecule has 0 fully saturated rings. The van der Waals surface area contributed by atoms with Gasteiger partial charge in [-0.15, -0.1) is 0 Å².